The number of carbonyl (C=O) groups excluding carboxylic acids is 2. The molecular weight excluding hydrogens is 378 g/mol. The molecule has 0 spiro atoms. The number of aryl methyl sites for hydroxylation is 2. The quantitative estimate of drug-likeness (QED) is 0.466. The topological polar surface area (TPSA) is 153 Å². The number of urea groups is 1. The predicted octanol–water partition coefficient (Wildman–Crippen LogP) is 0.954. The van der Waals surface area contributed by atoms with Crippen LogP contribution in [0.1, 0.15) is 34.0 Å². The fraction of sp³-hybridized carbons (Fsp3) is 0.316. The van der Waals surface area contributed by atoms with Gasteiger partial charge in [-0.25, -0.2) is 14.4 Å². The summed E-state index contributed by atoms with van der Waals surface area (Å²) >= 11 is 0. The molecule has 10 nitrogen and oxygen atoms in total. The molecule has 0 saturated carbocycles. The van der Waals surface area contributed by atoms with Crippen molar-refractivity contribution in [3.05, 3.63) is 57.1 Å². The van der Waals surface area contributed by atoms with Crippen molar-refractivity contribution in [3.63, 3.8) is 0 Å². The SMILES string of the molecule is CCNC(=O)NC(Cc1c[nH]c(=O)nc1NC(=O)c1c(C)cccc1C)C(=O)O. The number of rotatable bonds is 7. The lowest BCUT2D eigenvalue weighted by Gasteiger charge is -2.17. The summed E-state index contributed by atoms with van der Waals surface area (Å²) in [5, 5.41) is 16.8. The Morgan fingerprint density at radius 1 is 1.21 bits per heavy atom. The molecule has 0 aliphatic heterocycles. The molecule has 0 fully saturated rings. The first-order valence-electron chi connectivity index (χ1n) is 8.96. The van der Waals surface area contributed by atoms with Gasteiger partial charge < -0.3 is 26.0 Å². The minimum absolute atomic E-state index is 0.0645. The molecule has 5 N–H and O–H groups in total. The summed E-state index contributed by atoms with van der Waals surface area (Å²) in [6, 6.07) is 3.46. The predicted molar refractivity (Wildman–Crippen MR) is 106 cm³/mol. The van der Waals surface area contributed by atoms with Crippen molar-refractivity contribution >= 4 is 23.7 Å². The highest BCUT2D eigenvalue weighted by molar-refractivity contribution is 6.06. The van der Waals surface area contributed by atoms with Gasteiger partial charge in [-0.3, -0.25) is 4.79 Å². The van der Waals surface area contributed by atoms with Gasteiger partial charge in [0.05, 0.1) is 0 Å². The molecule has 0 saturated heterocycles. The molecule has 2 rings (SSSR count). The average Bonchev–Trinajstić information content (AvgIpc) is 2.63. The van der Waals surface area contributed by atoms with E-state index in [0.717, 1.165) is 11.1 Å². The van der Waals surface area contributed by atoms with Crippen molar-refractivity contribution in [3.8, 4) is 0 Å². The monoisotopic (exact) mass is 401 g/mol. The Morgan fingerprint density at radius 2 is 1.86 bits per heavy atom. The zero-order valence-electron chi connectivity index (χ0n) is 16.3. The molecular formula is C19H23N5O5. The van der Waals surface area contributed by atoms with Gasteiger partial charge in [0.25, 0.3) is 5.91 Å². The molecule has 1 unspecified atom stereocenters. The smallest absolute Gasteiger partial charge is 0.346 e. The largest absolute Gasteiger partial charge is 0.480 e. The lowest BCUT2D eigenvalue weighted by Crippen LogP contribution is -2.47. The van der Waals surface area contributed by atoms with Crippen LogP contribution in [0.4, 0.5) is 10.6 Å². The molecule has 0 bridgehead atoms. The van der Waals surface area contributed by atoms with Crippen molar-refractivity contribution in [2.24, 2.45) is 0 Å². The molecule has 2 aromatic rings. The van der Waals surface area contributed by atoms with Gasteiger partial charge in [0, 0.05) is 30.3 Å². The number of carboxylic acid groups (broad SMARTS) is 1. The maximum absolute atomic E-state index is 12.7. The summed E-state index contributed by atoms with van der Waals surface area (Å²) in [5.41, 5.74) is 1.49. The number of aromatic amines is 1. The summed E-state index contributed by atoms with van der Waals surface area (Å²) in [6.07, 6.45) is 1.07. The van der Waals surface area contributed by atoms with Crippen LogP contribution >= 0.6 is 0 Å². The van der Waals surface area contributed by atoms with Crippen LogP contribution in [-0.4, -0.2) is 45.6 Å². The van der Waals surface area contributed by atoms with Gasteiger partial charge in [-0.1, -0.05) is 18.2 Å². The van der Waals surface area contributed by atoms with Gasteiger partial charge in [-0.15, -0.1) is 0 Å². The highest BCUT2D eigenvalue weighted by Gasteiger charge is 2.23. The molecule has 10 heteroatoms. The first kappa shape index (κ1) is 21.6. The van der Waals surface area contributed by atoms with Gasteiger partial charge >= 0.3 is 17.7 Å². The Morgan fingerprint density at radius 3 is 2.45 bits per heavy atom. The summed E-state index contributed by atoms with van der Waals surface area (Å²) in [5.74, 6) is -1.80. The van der Waals surface area contributed by atoms with E-state index >= 15 is 0 Å². The number of amides is 3. The van der Waals surface area contributed by atoms with E-state index in [1.54, 1.807) is 32.9 Å². The second-order valence-electron chi connectivity index (χ2n) is 6.40. The second kappa shape index (κ2) is 9.49. The van der Waals surface area contributed by atoms with Crippen LogP contribution in [0.15, 0.2) is 29.2 Å². The van der Waals surface area contributed by atoms with Crippen LogP contribution < -0.4 is 21.6 Å². The van der Waals surface area contributed by atoms with E-state index in [1.807, 2.05) is 6.07 Å². The molecule has 29 heavy (non-hydrogen) atoms. The maximum Gasteiger partial charge on any atom is 0.346 e. The summed E-state index contributed by atoms with van der Waals surface area (Å²) in [7, 11) is 0. The van der Waals surface area contributed by atoms with Gasteiger partial charge in [0.15, 0.2) is 0 Å². The molecule has 3 amide bonds. The number of nitrogens with zero attached hydrogens (tertiary/aromatic N) is 1. The van der Waals surface area contributed by atoms with Gasteiger partial charge in [0.1, 0.15) is 11.9 Å². The van der Waals surface area contributed by atoms with Crippen molar-refractivity contribution < 1.29 is 19.5 Å². The molecule has 0 aliphatic rings. The van der Waals surface area contributed by atoms with Crippen molar-refractivity contribution in [1.82, 2.24) is 20.6 Å². The number of hydrogen-bond donors (Lipinski definition) is 5. The number of carbonyl (C=O) groups is 3. The highest BCUT2D eigenvalue weighted by Crippen LogP contribution is 2.17. The third kappa shape index (κ3) is 5.64. The normalized spacial score (nSPS) is 11.4. The molecule has 1 atom stereocenters. The van der Waals surface area contributed by atoms with Gasteiger partial charge in [-0.05, 0) is 31.9 Å². The molecule has 1 aromatic carbocycles. The molecule has 1 aromatic heterocycles. The number of aromatic nitrogens is 2. The van der Waals surface area contributed by atoms with Crippen molar-refractivity contribution in [1.29, 1.82) is 0 Å². The zero-order valence-corrected chi connectivity index (χ0v) is 16.3. The first-order chi connectivity index (χ1) is 13.7. The molecule has 154 valence electrons. The molecule has 0 aliphatic carbocycles. The molecule has 0 radical (unpaired) electrons. The first-order valence-corrected chi connectivity index (χ1v) is 8.96. The van der Waals surface area contributed by atoms with Gasteiger partial charge in [-0.2, -0.15) is 4.98 Å². The number of nitrogens with one attached hydrogen (secondary N) is 4. The lowest BCUT2D eigenvalue weighted by molar-refractivity contribution is -0.139. The summed E-state index contributed by atoms with van der Waals surface area (Å²) in [4.78, 5) is 53.8. The Kier molecular flexibility index (Phi) is 7.07. The Bertz CT molecular complexity index is 965. The average molecular weight is 401 g/mol. The van der Waals surface area contributed by atoms with Crippen molar-refractivity contribution in [2.45, 2.75) is 33.2 Å². The van der Waals surface area contributed by atoms with E-state index < -0.39 is 29.6 Å². The zero-order chi connectivity index (χ0) is 21.6. The fourth-order valence-electron chi connectivity index (χ4n) is 2.82. The third-order valence-electron chi connectivity index (χ3n) is 4.19. The Hall–Kier alpha value is -3.69. The minimum atomic E-state index is -1.29. The number of carboxylic acids is 1. The van der Waals surface area contributed by atoms with E-state index in [4.69, 9.17) is 0 Å². The minimum Gasteiger partial charge on any atom is -0.480 e. The van der Waals surface area contributed by atoms with Crippen LogP contribution in [0.25, 0.3) is 0 Å². The van der Waals surface area contributed by atoms with Crippen LogP contribution in [0.5, 0.6) is 0 Å². The Labute approximate surface area is 166 Å². The van der Waals surface area contributed by atoms with E-state index in [0.29, 0.717) is 12.1 Å². The van der Waals surface area contributed by atoms with E-state index in [1.165, 1.54) is 6.20 Å². The standard InChI is InChI=1S/C19H23N5O5/c1-4-20-18(28)22-13(17(26)27)8-12-9-21-19(29)24-15(12)23-16(25)14-10(2)6-5-7-11(14)3/h5-7,9,13H,4,8H2,1-3H3,(H,26,27)(H2,20,22,28)(H2,21,23,24,25,29). The Balaban J connectivity index is 2.31. The number of H-pyrrole nitrogens is 1. The fourth-order valence-corrected chi connectivity index (χ4v) is 2.82. The highest BCUT2D eigenvalue weighted by atomic mass is 16.4. The van der Waals surface area contributed by atoms with E-state index in [-0.39, 0.29) is 17.8 Å². The van der Waals surface area contributed by atoms with Crippen LogP contribution in [0.2, 0.25) is 0 Å². The second-order valence-corrected chi connectivity index (χ2v) is 6.40. The van der Waals surface area contributed by atoms with Crippen LogP contribution in [-0.2, 0) is 11.2 Å². The summed E-state index contributed by atoms with van der Waals surface area (Å²) < 4.78 is 0. The lowest BCUT2D eigenvalue weighted by atomic mass is 10.0. The number of benzene rings is 1. The van der Waals surface area contributed by atoms with E-state index in [2.05, 4.69) is 25.9 Å². The van der Waals surface area contributed by atoms with Gasteiger partial charge in [0.2, 0.25) is 0 Å². The van der Waals surface area contributed by atoms with Crippen LogP contribution in [0, 0.1) is 13.8 Å². The van der Waals surface area contributed by atoms with Crippen molar-refractivity contribution in [2.75, 3.05) is 11.9 Å². The number of aliphatic carboxylic acids is 1. The van der Waals surface area contributed by atoms with E-state index in [9.17, 15) is 24.3 Å². The third-order valence-corrected chi connectivity index (χ3v) is 4.19. The maximum atomic E-state index is 12.7. The van der Waals surface area contributed by atoms with Crippen LogP contribution in [0.3, 0.4) is 0 Å². The number of hydrogen-bond acceptors (Lipinski definition) is 5. The number of anilines is 1. The summed E-state index contributed by atoms with van der Waals surface area (Å²) in [6.45, 7) is 5.59. The molecule has 1 heterocycles.